The molecule has 5 heterocycles. The van der Waals surface area contributed by atoms with Crippen LogP contribution in [0.25, 0.3) is 10.2 Å². The van der Waals surface area contributed by atoms with Crippen LogP contribution in [0.4, 0.5) is 24.5 Å². The summed E-state index contributed by atoms with van der Waals surface area (Å²) >= 11 is 1.56. The molecule has 4 aromatic rings. The molecule has 318 valence electrons. The first-order valence-corrected chi connectivity index (χ1v) is 21.4. The number of rotatable bonds is 11. The van der Waals surface area contributed by atoms with Crippen LogP contribution in [0.5, 0.6) is 0 Å². The smallest absolute Gasteiger partial charge is 0.386 e. The number of imide groups is 2. The van der Waals surface area contributed by atoms with Crippen molar-refractivity contribution in [1.29, 1.82) is 0 Å². The SMILES string of the molecule is CC(C)(O)c1cc2nc([C@H]3CC[C@@H](N4CCC(CCNc5cccc6c5C(=O)N(C5CCC(=O)NC5=O)C6=O)CC4)CC3)sc2cc1NC(O)c1cccc(C(F)(F)F)n1. The Labute approximate surface area is 348 Å². The molecule has 4 amide bonds. The van der Waals surface area contributed by atoms with Crippen molar-refractivity contribution in [2.24, 2.45) is 5.92 Å². The molecular weight excluding hydrogens is 800 g/mol. The number of halogens is 3. The molecule has 0 spiro atoms. The molecule has 2 saturated heterocycles. The number of aliphatic hydroxyl groups excluding tert-OH is 1. The molecule has 1 saturated carbocycles. The molecule has 4 aliphatic rings. The van der Waals surface area contributed by atoms with Crippen molar-refractivity contribution >= 4 is 56.6 Å². The monoisotopic (exact) mass is 847 g/mol. The van der Waals surface area contributed by atoms with Crippen LogP contribution >= 0.6 is 11.3 Å². The Kier molecular flexibility index (Phi) is 11.5. The first kappa shape index (κ1) is 41.8. The van der Waals surface area contributed by atoms with E-state index < -0.39 is 53.4 Å². The number of piperidine rings is 2. The van der Waals surface area contributed by atoms with E-state index in [1.807, 2.05) is 0 Å². The molecule has 3 aliphatic heterocycles. The number of anilines is 2. The number of amides is 4. The number of fused-ring (bicyclic) bond motifs is 2. The summed E-state index contributed by atoms with van der Waals surface area (Å²) in [6.45, 7) is 5.86. The van der Waals surface area contributed by atoms with E-state index in [9.17, 15) is 42.6 Å². The molecule has 2 aromatic heterocycles. The Bertz CT molecular complexity index is 2310. The number of aromatic nitrogens is 2. The van der Waals surface area contributed by atoms with Gasteiger partial charge in [0, 0.05) is 41.9 Å². The number of alkyl halides is 3. The summed E-state index contributed by atoms with van der Waals surface area (Å²) in [6.07, 6.45) is 1.08. The molecule has 13 nitrogen and oxygen atoms in total. The van der Waals surface area contributed by atoms with Gasteiger partial charge in [-0.1, -0.05) is 12.1 Å². The fourth-order valence-electron chi connectivity index (χ4n) is 9.14. The number of thiazole rings is 1. The van der Waals surface area contributed by atoms with Gasteiger partial charge in [0.25, 0.3) is 11.8 Å². The summed E-state index contributed by atoms with van der Waals surface area (Å²) in [7, 11) is 0. The van der Waals surface area contributed by atoms with Gasteiger partial charge in [-0.15, -0.1) is 11.3 Å². The second-order valence-corrected chi connectivity index (χ2v) is 17.9. The third-order valence-corrected chi connectivity index (χ3v) is 13.6. The van der Waals surface area contributed by atoms with E-state index in [2.05, 4.69) is 25.8 Å². The number of hydrogen-bond donors (Lipinski definition) is 5. The van der Waals surface area contributed by atoms with Crippen molar-refractivity contribution in [2.45, 2.75) is 108 Å². The van der Waals surface area contributed by atoms with Gasteiger partial charge in [0.15, 0.2) is 6.23 Å². The van der Waals surface area contributed by atoms with Crippen LogP contribution in [-0.4, -0.2) is 85.3 Å². The molecule has 60 heavy (non-hydrogen) atoms. The fourth-order valence-corrected chi connectivity index (χ4v) is 10.3. The number of hydrogen-bond acceptors (Lipinski definition) is 12. The van der Waals surface area contributed by atoms with E-state index in [4.69, 9.17) is 4.98 Å². The number of pyridine rings is 1. The van der Waals surface area contributed by atoms with Crippen LogP contribution in [-0.2, 0) is 21.4 Å². The molecule has 17 heteroatoms. The minimum Gasteiger partial charge on any atom is -0.386 e. The molecule has 0 bridgehead atoms. The van der Waals surface area contributed by atoms with Crippen molar-refractivity contribution < 1.29 is 42.6 Å². The fraction of sp³-hybridized carbons (Fsp3) is 0.488. The number of likely N-dealkylation sites (tertiary alicyclic amines) is 1. The molecule has 0 radical (unpaired) electrons. The molecule has 1 aliphatic carbocycles. The minimum absolute atomic E-state index is 0.0692. The van der Waals surface area contributed by atoms with E-state index in [-0.39, 0.29) is 35.6 Å². The van der Waals surface area contributed by atoms with E-state index in [0.29, 0.717) is 41.0 Å². The van der Waals surface area contributed by atoms with E-state index in [1.165, 1.54) is 12.1 Å². The van der Waals surface area contributed by atoms with Gasteiger partial charge in [0.05, 0.1) is 37.6 Å². The first-order valence-electron chi connectivity index (χ1n) is 20.5. The largest absolute Gasteiger partial charge is 0.433 e. The normalized spacial score (nSPS) is 22.6. The lowest BCUT2D eigenvalue weighted by Gasteiger charge is -2.40. The average Bonchev–Trinajstić information content (AvgIpc) is 3.75. The molecular formula is C43H48F3N7O6S. The molecule has 2 aromatic carbocycles. The summed E-state index contributed by atoms with van der Waals surface area (Å²) in [5.41, 5.74) is 0.0231. The van der Waals surface area contributed by atoms with Crippen molar-refractivity contribution in [2.75, 3.05) is 30.3 Å². The molecule has 3 fully saturated rings. The van der Waals surface area contributed by atoms with Gasteiger partial charge in [-0.05, 0) is 121 Å². The zero-order chi connectivity index (χ0) is 42.5. The maximum absolute atomic E-state index is 13.5. The van der Waals surface area contributed by atoms with Crippen LogP contribution in [0.2, 0.25) is 0 Å². The number of nitrogens with one attached hydrogen (secondary N) is 3. The van der Waals surface area contributed by atoms with Crippen LogP contribution in [0.15, 0.2) is 48.5 Å². The third-order valence-electron chi connectivity index (χ3n) is 12.4. The molecule has 5 N–H and O–H groups in total. The third kappa shape index (κ3) is 8.49. The zero-order valence-electron chi connectivity index (χ0n) is 33.3. The van der Waals surface area contributed by atoms with Crippen LogP contribution in [0, 0.1) is 5.92 Å². The summed E-state index contributed by atoms with van der Waals surface area (Å²) in [5, 5.41) is 31.4. The molecule has 2 atom stereocenters. The summed E-state index contributed by atoms with van der Waals surface area (Å²) in [5.74, 6) is -1.29. The standard InChI is InChI=1S/C43H48F3N7O6S/c1-42(2,59)27-21-31-33(22-30(27)49-37(55)29-7-4-8-34(48-29)43(44,45)46)60-39(50-31)24-9-11-25(12-10-24)52-19-16-23(17-20-52)15-18-47-28-6-3-5-26-36(28)41(58)53(40(26)57)32-13-14-35(54)51-38(32)56/h3-8,21-25,32,37,47,49,55,59H,9-20H2,1-2H3,(H,51,54,56)/t24-,25+,32?,37?. The number of benzene rings is 2. The quantitative estimate of drug-likeness (QED) is 0.0804. The lowest BCUT2D eigenvalue weighted by atomic mass is 9.84. The number of aliphatic hydroxyl groups is 2. The van der Waals surface area contributed by atoms with E-state index in [1.54, 1.807) is 55.5 Å². The predicted molar refractivity (Wildman–Crippen MR) is 218 cm³/mol. The van der Waals surface area contributed by atoms with Crippen molar-refractivity contribution in [3.05, 3.63) is 81.6 Å². The summed E-state index contributed by atoms with van der Waals surface area (Å²) in [4.78, 5) is 63.0. The maximum Gasteiger partial charge on any atom is 0.433 e. The van der Waals surface area contributed by atoms with Gasteiger partial charge in [0.2, 0.25) is 11.8 Å². The highest BCUT2D eigenvalue weighted by Crippen LogP contribution is 2.42. The summed E-state index contributed by atoms with van der Waals surface area (Å²) in [6, 6.07) is 11.5. The Balaban J connectivity index is 0.834. The van der Waals surface area contributed by atoms with Crippen LogP contribution < -0.4 is 16.0 Å². The zero-order valence-corrected chi connectivity index (χ0v) is 34.2. The Morgan fingerprint density at radius 1 is 0.917 bits per heavy atom. The van der Waals surface area contributed by atoms with Gasteiger partial charge < -0.3 is 25.7 Å². The minimum atomic E-state index is -4.66. The lowest BCUT2D eigenvalue weighted by molar-refractivity contribution is -0.141. The van der Waals surface area contributed by atoms with Gasteiger partial charge in [0.1, 0.15) is 11.7 Å². The molecule has 8 rings (SSSR count). The number of carbonyl (C=O) groups excluding carboxylic acids is 4. The topological polar surface area (TPSA) is 177 Å². The summed E-state index contributed by atoms with van der Waals surface area (Å²) < 4.78 is 40.7. The van der Waals surface area contributed by atoms with Crippen LogP contribution in [0.1, 0.15) is 126 Å². The van der Waals surface area contributed by atoms with Crippen molar-refractivity contribution in [1.82, 2.24) is 25.1 Å². The second kappa shape index (κ2) is 16.5. The van der Waals surface area contributed by atoms with Gasteiger partial charge in [-0.25, -0.2) is 9.97 Å². The highest BCUT2D eigenvalue weighted by atomic mass is 32.1. The van der Waals surface area contributed by atoms with Gasteiger partial charge in [-0.2, -0.15) is 13.2 Å². The average molecular weight is 848 g/mol. The first-order chi connectivity index (χ1) is 28.5. The second-order valence-electron chi connectivity index (χ2n) is 16.8. The Hall–Kier alpha value is -4.97. The van der Waals surface area contributed by atoms with Gasteiger partial charge in [-0.3, -0.25) is 29.4 Å². The Morgan fingerprint density at radius 2 is 1.65 bits per heavy atom. The van der Waals surface area contributed by atoms with Crippen molar-refractivity contribution in [3.63, 3.8) is 0 Å². The predicted octanol–water partition coefficient (Wildman–Crippen LogP) is 6.68. The van der Waals surface area contributed by atoms with Crippen LogP contribution in [0.3, 0.4) is 0 Å². The van der Waals surface area contributed by atoms with E-state index in [0.717, 1.165) is 78.7 Å². The molecule has 2 unspecified atom stereocenters. The van der Waals surface area contributed by atoms with Gasteiger partial charge >= 0.3 is 6.18 Å². The maximum atomic E-state index is 13.5. The highest BCUT2D eigenvalue weighted by molar-refractivity contribution is 7.18. The lowest BCUT2D eigenvalue weighted by Crippen LogP contribution is -2.54. The number of carbonyl (C=O) groups is 4. The van der Waals surface area contributed by atoms with Crippen molar-refractivity contribution in [3.8, 4) is 0 Å². The number of nitrogens with zero attached hydrogens (tertiary/aromatic N) is 4. The Morgan fingerprint density at radius 3 is 2.35 bits per heavy atom. The van der Waals surface area contributed by atoms with E-state index >= 15 is 0 Å². The highest BCUT2D eigenvalue weighted by Gasteiger charge is 2.45.